The monoisotopic (exact) mass is 431 g/mol. The fourth-order valence-electron chi connectivity index (χ4n) is 2.76. The Morgan fingerprint density at radius 3 is 2.33 bits per heavy atom. The molecule has 8 heteroatoms. The number of anilines is 1. The average molecular weight is 431 g/mol. The zero-order valence-electron chi connectivity index (χ0n) is 16.3. The minimum Gasteiger partial charge on any atom is -0.462 e. The molecule has 0 saturated carbocycles. The van der Waals surface area contributed by atoms with Crippen molar-refractivity contribution in [3.05, 3.63) is 70.6 Å². The number of amides is 1. The molecule has 0 radical (unpaired) electrons. The fraction of sp³-hybridized carbons (Fsp3) is 0.182. The first kappa shape index (κ1) is 21.4. The van der Waals surface area contributed by atoms with E-state index in [9.17, 15) is 18.4 Å². The third-order valence-electron chi connectivity index (χ3n) is 4.20. The first-order valence-corrected chi connectivity index (χ1v) is 9.99. The number of halogens is 2. The molecule has 0 aliphatic rings. The summed E-state index contributed by atoms with van der Waals surface area (Å²) in [5, 5.41) is 4.85. The lowest BCUT2D eigenvalue weighted by atomic mass is 10.0. The van der Waals surface area contributed by atoms with Crippen LogP contribution in [0.2, 0.25) is 0 Å². The van der Waals surface area contributed by atoms with Gasteiger partial charge in [0, 0.05) is 16.5 Å². The highest BCUT2D eigenvalue weighted by Crippen LogP contribution is 2.36. The molecule has 0 aliphatic heterocycles. The van der Waals surface area contributed by atoms with Crippen molar-refractivity contribution in [1.82, 2.24) is 0 Å². The van der Waals surface area contributed by atoms with Gasteiger partial charge in [0.1, 0.15) is 16.3 Å². The van der Waals surface area contributed by atoms with E-state index in [1.54, 1.807) is 12.3 Å². The molecule has 0 fully saturated rings. The van der Waals surface area contributed by atoms with E-state index in [0.717, 1.165) is 11.1 Å². The third kappa shape index (κ3) is 5.01. The van der Waals surface area contributed by atoms with Crippen LogP contribution in [0.5, 0.6) is 5.75 Å². The van der Waals surface area contributed by atoms with Crippen molar-refractivity contribution in [1.29, 1.82) is 0 Å². The molecule has 0 aliphatic carbocycles. The maximum atomic E-state index is 12.6. The van der Waals surface area contributed by atoms with Crippen LogP contribution in [0.1, 0.15) is 33.2 Å². The summed E-state index contributed by atoms with van der Waals surface area (Å²) in [5.41, 5.74) is 3.08. The van der Waals surface area contributed by atoms with E-state index in [-0.39, 0.29) is 23.5 Å². The minimum absolute atomic E-state index is 0.0495. The van der Waals surface area contributed by atoms with E-state index in [0.29, 0.717) is 10.6 Å². The number of ether oxygens (including phenoxy) is 2. The van der Waals surface area contributed by atoms with Crippen molar-refractivity contribution < 1.29 is 27.8 Å². The number of aryl methyl sites for hydroxylation is 1. The number of alkyl halides is 2. The number of rotatable bonds is 7. The van der Waals surface area contributed by atoms with Crippen LogP contribution in [0, 0.1) is 6.92 Å². The summed E-state index contributed by atoms with van der Waals surface area (Å²) < 4.78 is 34.0. The van der Waals surface area contributed by atoms with Gasteiger partial charge in [-0.05, 0) is 43.7 Å². The molecule has 1 aromatic heterocycles. The summed E-state index contributed by atoms with van der Waals surface area (Å²) in [5.74, 6) is -1.07. The second-order valence-electron chi connectivity index (χ2n) is 6.30. The van der Waals surface area contributed by atoms with Crippen LogP contribution in [0.4, 0.5) is 13.8 Å². The molecular weight excluding hydrogens is 412 g/mol. The number of hydrogen-bond donors (Lipinski definition) is 1. The van der Waals surface area contributed by atoms with Gasteiger partial charge < -0.3 is 14.8 Å². The zero-order valence-corrected chi connectivity index (χ0v) is 17.1. The van der Waals surface area contributed by atoms with E-state index >= 15 is 0 Å². The first-order valence-electron chi connectivity index (χ1n) is 9.11. The molecule has 0 saturated heterocycles. The van der Waals surface area contributed by atoms with Gasteiger partial charge in [-0.3, -0.25) is 4.79 Å². The topological polar surface area (TPSA) is 64.6 Å². The van der Waals surface area contributed by atoms with Crippen LogP contribution in [0.3, 0.4) is 0 Å². The maximum Gasteiger partial charge on any atom is 0.387 e. The van der Waals surface area contributed by atoms with Crippen molar-refractivity contribution in [2.75, 3.05) is 11.9 Å². The predicted octanol–water partition coefficient (Wildman–Crippen LogP) is 5.75. The van der Waals surface area contributed by atoms with Crippen LogP contribution in [0.15, 0.2) is 53.9 Å². The standard InChI is InChI=1S/C22H19F2NO4S/c1-3-28-21(27)18-17(14-6-4-13(2)5-7-14)12-30-20(18)25-19(26)15-8-10-16(11-9-15)29-22(23)24/h4-12,22H,3H2,1-2H3,(H,25,26). The Morgan fingerprint density at radius 1 is 1.07 bits per heavy atom. The molecular formula is C22H19F2NO4S. The lowest BCUT2D eigenvalue weighted by Gasteiger charge is -2.10. The van der Waals surface area contributed by atoms with E-state index in [4.69, 9.17) is 4.74 Å². The molecule has 0 bridgehead atoms. The Labute approximate surface area is 176 Å². The third-order valence-corrected chi connectivity index (χ3v) is 5.10. The van der Waals surface area contributed by atoms with Crippen LogP contribution >= 0.6 is 11.3 Å². The van der Waals surface area contributed by atoms with E-state index in [1.165, 1.54) is 35.6 Å². The molecule has 2 aromatic carbocycles. The van der Waals surface area contributed by atoms with Crippen LogP contribution in [0.25, 0.3) is 11.1 Å². The lowest BCUT2D eigenvalue weighted by Crippen LogP contribution is -2.15. The fourth-order valence-corrected chi connectivity index (χ4v) is 3.72. The second-order valence-corrected chi connectivity index (χ2v) is 7.18. The number of carbonyl (C=O) groups is 2. The van der Waals surface area contributed by atoms with Gasteiger partial charge >= 0.3 is 12.6 Å². The van der Waals surface area contributed by atoms with Crippen molar-refractivity contribution in [3.8, 4) is 16.9 Å². The number of nitrogens with one attached hydrogen (secondary N) is 1. The van der Waals surface area contributed by atoms with E-state index in [1.807, 2.05) is 31.2 Å². The molecule has 156 valence electrons. The Balaban J connectivity index is 1.88. The Hall–Kier alpha value is -3.26. The molecule has 30 heavy (non-hydrogen) atoms. The van der Waals surface area contributed by atoms with Crippen molar-refractivity contribution in [2.24, 2.45) is 0 Å². The number of carbonyl (C=O) groups excluding carboxylic acids is 2. The highest BCUT2D eigenvalue weighted by atomic mass is 32.1. The van der Waals surface area contributed by atoms with Gasteiger partial charge in [0.15, 0.2) is 0 Å². The maximum absolute atomic E-state index is 12.6. The molecule has 0 spiro atoms. The van der Waals surface area contributed by atoms with Gasteiger partial charge in [-0.15, -0.1) is 11.3 Å². The molecule has 1 heterocycles. The largest absolute Gasteiger partial charge is 0.462 e. The Morgan fingerprint density at radius 2 is 1.73 bits per heavy atom. The quantitative estimate of drug-likeness (QED) is 0.484. The molecule has 3 rings (SSSR count). The van der Waals surface area contributed by atoms with Gasteiger partial charge in [0.25, 0.3) is 5.91 Å². The predicted molar refractivity (Wildman–Crippen MR) is 111 cm³/mol. The van der Waals surface area contributed by atoms with Crippen molar-refractivity contribution in [2.45, 2.75) is 20.5 Å². The van der Waals surface area contributed by atoms with Gasteiger partial charge in [-0.1, -0.05) is 29.8 Å². The molecule has 0 atom stereocenters. The zero-order chi connectivity index (χ0) is 21.7. The van der Waals surface area contributed by atoms with E-state index < -0.39 is 18.5 Å². The summed E-state index contributed by atoms with van der Waals surface area (Å²) in [4.78, 5) is 25.2. The van der Waals surface area contributed by atoms with E-state index in [2.05, 4.69) is 10.1 Å². The highest BCUT2D eigenvalue weighted by molar-refractivity contribution is 7.15. The van der Waals surface area contributed by atoms with Crippen LogP contribution < -0.4 is 10.1 Å². The molecule has 5 nitrogen and oxygen atoms in total. The minimum atomic E-state index is -2.94. The smallest absolute Gasteiger partial charge is 0.387 e. The molecule has 0 unspecified atom stereocenters. The Kier molecular flexibility index (Phi) is 6.79. The Bertz CT molecular complexity index is 1030. The molecule has 1 amide bonds. The lowest BCUT2D eigenvalue weighted by molar-refractivity contribution is -0.0498. The average Bonchev–Trinajstić information content (AvgIpc) is 3.12. The van der Waals surface area contributed by atoms with Gasteiger partial charge in [0.2, 0.25) is 0 Å². The number of hydrogen-bond acceptors (Lipinski definition) is 5. The summed E-state index contributed by atoms with van der Waals surface area (Å²) in [7, 11) is 0. The van der Waals surface area contributed by atoms with Gasteiger partial charge in [-0.25, -0.2) is 4.79 Å². The summed E-state index contributed by atoms with van der Waals surface area (Å²) in [6.07, 6.45) is 0. The van der Waals surface area contributed by atoms with Gasteiger partial charge in [0.05, 0.1) is 6.61 Å². The summed E-state index contributed by atoms with van der Waals surface area (Å²) >= 11 is 1.21. The normalized spacial score (nSPS) is 10.7. The number of esters is 1. The molecule has 1 N–H and O–H groups in total. The van der Waals surface area contributed by atoms with Crippen molar-refractivity contribution in [3.63, 3.8) is 0 Å². The number of thiophene rings is 1. The summed E-state index contributed by atoms with van der Waals surface area (Å²) in [6.45, 7) is 0.925. The SMILES string of the molecule is CCOC(=O)c1c(-c2ccc(C)cc2)csc1NC(=O)c1ccc(OC(F)F)cc1. The molecule has 3 aromatic rings. The van der Waals surface area contributed by atoms with Crippen LogP contribution in [-0.2, 0) is 4.74 Å². The number of benzene rings is 2. The van der Waals surface area contributed by atoms with Crippen LogP contribution in [-0.4, -0.2) is 25.1 Å². The van der Waals surface area contributed by atoms with Crippen molar-refractivity contribution >= 4 is 28.2 Å². The second kappa shape index (κ2) is 9.49. The summed E-state index contributed by atoms with van der Waals surface area (Å²) in [6, 6.07) is 12.9. The first-order chi connectivity index (χ1) is 14.4. The highest BCUT2D eigenvalue weighted by Gasteiger charge is 2.23. The van der Waals surface area contributed by atoms with Gasteiger partial charge in [-0.2, -0.15) is 8.78 Å².